The van der Waals surface area contributed by atoms with E-state index in [0.29, 0.717) is 49.0 Å². The lowest BCUT2D eigenvalue weighted by Crippen LogP contribution is -2.57. The van der Waals surface area contributed by atoms with Crippen molar-refractivity contribution in [3.63, 3.8) is 0 Å². The fraction of sp³-hybridized carbons (Fsp3) is 0.438. The zero-order chi connectivity index (χ0) is 30.1. The minimum atomic E-state index is -1.02. The summed E-state index contributed by atoms with van der Waals surface area (Å²) in [6, 6.07) is 12.0. The second-order valence-corrected chi connectivity index (χ2v) is 11.8. The first-order chi connectivity index (χ1) is 20.8. The Morgan fingerprint density at radius 1 is 1.21 bits per heavy atom. The molecule has 3 atom stereocenters. The van der Waals surface area contributed by atoms with Gasteiger partial charge in [-0.2, -0.15) is 9.97 Å². The second kappa shape index (κ2) is 12.4. The zero-order valence-corrected chi connectivity index (χ0v) is 24.9. The van der Waals surface area contributed by atoms with Gasteiger partial charge in [0.25, 0.3) is 5.91 Å². The number of aromatic nitrogens is 2. The molecule has 0 N–H and O–H groups in total. The molecule has 2 fully saturated rings. The molecule has 43 heavy (non-hydrogen) atoms. The Kier molecular flexibility index (Phi) is 8.48. The number of benzene rings is 2. The third kappa shape index (κ3) is 5.90. The average molecular weight is 605 g/mol. The highest BCUT2D eigenvalue weighted by Gasteiger charge is 2.37. The molecule has 6 rings (SSSR count). The summed E-state index contributed by atoms with van der Waals surface area (Å²) >= 11 is 6.65. The maximum absolute atomic E-state index is 13.8. The topological polar surface area (TPSA) is 75.4 Å². The van der Waals surface area contributed by atoms with Crippen molar-refractivity contribution in [2.24, 2.45) is 0 Å². The normalized spacial score (nSPS) is 22.3. The Bertz CT molecular complexity index is 1590. The summed E-state index contributed by atoms with van der Waals surface area (Å²) < 4.78 is 26.5. The van der Waals surface area contributed by atoms with Crippen molar-refractivity contribution in [1.29, 1.82) is 0 Å². The molecule has 0 radical (unpaired) electrons. The number of piperazine rings is 1. The minimum absolute atomic E-state index is 0.0422. The lowest BCUT2D eigenvalue weighted by molar-refractivity contribution is -0.131. The van der Waals surface area contributed by atoms with Gasteiger partial charge in [-0.25, -0.2) is 11.0 Å². The van der Waals surface area contributed by atoms with Crippen LogP contribution >= 0.6 is 11.6 Å². The molecule has 3 aromatic rings. The Balaban J connectivity index is 1.34. The van der Waals surface area contributed by atoms with Crippen LogP contribution in [0.25, 0.3) is 15.6 Å². The molecule has 4 heterocycles. The van der Waals surface area contributed by atoms with Gasteiger partial charge in [0.2, 0.25) is 6.54 Å². The molecule has 0 unspecified atom stereocenters. The number of hydrogen-bond donors (Lipinski definition) is 0. The number of rotatable bonds is 7. The maximum atomic E-state index is 13.8. The third-order valence-electron chi connectivity index (χ3n) is 8.74. The molecular weight excluding hydrogens is 571 g/mol. The van der Waals surface area contributed by atoms with Crippen molar-refractivity contribution >= 4 is 34.1 Å². The van der Waals surface area contributed by atoms with Gasteiger partial charge < -0.3 is 29.0 Å². The van der Waals surface area contributed by atoms with Crippen LogP contribution in [0.2, 0.25) is 5.02 Å². The number of halogens is 2. The van der Waals surface area contributed by atoms with E-state index in [1.54, 1.807) is 0 Å². The van der Waals surface area contributed by atoms with E-state index < -0.39 is 17.8 Å². The van der Waals surface area contributed by atoms with Crippen LogP contribution in [0.4, 0.5) is 10.2 Å². The van der Waals surface area contributed by atoms with E-state index in [1.807, 2.05) is 41.3 Å². The number of likely N-dealkylation sites (N-methyl/N-ethyl adjacent to an activating group) is 1. The van der Waals surface area contributed by atoms with E-state index in [9.17, 15) is 9.18 Å². The first-order valence-corrected chi connectivity index (χ1v) is 15.0. The Hall–Kier alpha value is -3.78. The van der Waals surface area contributed by atoms with Crippen molar-refractivity contribution in [2.75, 3.05) is 51.3 Å². The summed E-state index contributed by atoms with van der Waals surface area (Å²) in [5.41, 5.74) is 2.68. The standard InChI is InChI=1S/C32H34ClFN6O3/c1-20(34)31(41)40-14-13-39(17-23(40)16-35-2)30-25-19-42-28(24-10-4-7-21-8-5-11-26(33)29(21)24)15-27(25)36-32(37-30)43-18-22-9-6-12-38(22)3/h4-5,7-8,10-11,22-23,28H,1,6,9,12-19H2,3H3/t22-,23-,28-/m0/s1. The SMILES string of the molecule is [C-]#[N+]C[C@H]1CN(c2nc(OC[C@@H]3CCCN3C)nc3c2CO[C@H](c2cccc4cccc(Cl)c24)C3)CCN1C(=O)C(=C)F. The fourth-order valence-corrected chi connectivity index (χ4v) is 6.73. The molecule has 0 aliphatic carbocycles. The smallest absolute Gasteiger partial charge is 0.318 e. The van der Waals surface area contributed by atoms with Crippen LogP contribution in [0.15, 0.2) is 48.8 Å². The molecule has 11 heteroatoms. The highest BCUT2D eigenvalue weighted by atomic mass is 35.5. The maximum Gasteiger partial charge on any atom is 0.318 e. The van der Waals surface area contributed by atoms with E-state index >= 15 is 0 Å². The lowest BCUT2D eigenvalue weighted by Gasteiger charge is -2.40. The monoisotopic (exact) mass is 604 g/mol. The molecule has 3 aliphatic rings. The van der Waals surface area contributed by atoms with Gasteiger partial charge in [-0.05, 0) is 43.5 Å². The predicted octanol–water partition coefficient (Wildman–Crippen LogP) is 4.99. The highest BCUT2D eigenvalue weighted by molar-refractivity contribution is 6.35. The van der Waals surface area contributed by atoms with Gasteiger partial charge >= 0.3 is 6.01 Å². The average Bonchev–Trinajstić information content (AvgIpc) is 3.43. The molecular formula is C32H34ClFN6O3. The number of carbonyl (C=O) groups excluding carboxylic acids is 1. The molecule has 0 bridgehead atoms. The molecule has 9 nitrogen and oxygen atoms in total. The van der Waals surface area contributed by atoms with Gasteiger partial charge in [-0.15, -0.1) is 0 Å². The number of ether oxygens (including phenoxy) is 2. The minimum Gasteiger partial charge on any atom is -0.462 e. The molecule has 2 aromatic carbocycles. The first kappa shape index (κ1) is 29.3. The highest BCUT2D eigenvalue weighted by Crippen LogP contribution is 2.39. The van der Waals surface area contributed by atoms with Crippen molar-refractivity contribution in [1.82, 2.24) is 19.8 Å². The van der Waals surface area contributed by atoms with Crippen LogP contribution in [0.1, 0.15) is 35.8 Å². The number of amides is 1. The first-order valence-electron chi connectivity index (χ1n) is 14.6. The van der Waals surface area contributed by atoms with Gasteiger partial charge in [-0.1, -0.05) is 48.5 Å². The largest absolute Gasteiger partial charge is 0.462 e. The predicted molar refractivity (Wildman–Crippen MR) is 163 cm³/mol. The Morgan fingerprint density at radius 3 is 2.77 bits per heavy atom. The number of anilines is 1. The number of fused-ring (bicyclic) bond motifs is 2. The van der Waals surface area contributed by atoms with E-state index in [-0.39, 0.29) is 25.8 Å². The molecule has 1 amide bonds. The van der Waals surface area contributed by atoms with Crippen LogP contribution in [0.3, 0.4) is 0 Å². The summed E-state index contributed by atoms with van der Waals surface area (Å²) in [5.74, 6) is -1.14. The van der Waals surface area contributed by atoms with Crippen LogP contribution in [0, 0.1) is 6.57 Å². The second-order valence-electron chi connectivity index (χ2n) is 11.4. The number of nitrogens with zero attached hydrogens (tertiary/aromatic N) is 6. The van der Waals surface area contributed by atoms with Crippen molar-refractivity contribution in [3.8, 4) is 6.01 Å². The van der Waals surface area contributed by atoms with E-state index in [4.69, 9.17) is 37.6 Å². The molecule has 1 aromatic heterocycles. The van der Waals surface area contributed by atoms with Crippen molar-refractivity contribution in [3.05, 3.63) is 82.1 Å². The molecule has 2 saturated heterocycles. The van der Waals surface area contributed by atoms with Gasteiger partial charge in [0.05, 0.1) is 18.4 Å². The van der Waals surface area contributed by atoms with Crippen LogP contribution in [-0.2, 0) is 22.6 Å². The van der Waals surface area contributed by atoms with E-state index in [0.717, 1.165) is 47.0 Å². The molecule has 0 spiro atoms. The van der Waals surface area contributed by atoms with Crippen LogP contribution < -0.4 is 9.64 Å². The lowest BCUT2D eigenvalue weighted by atomic mass is 9.94. The van der Waals surface area contributed by atoms with Gasteiger partial charge in [0, 0.05) is 48.1 Å². The third-order valence-corrected chi connectivity index (χ3v) is 9.06. The van der Waals surface area contributed by atoms with Gasteiger partial charge in [0.1, 0.15) is 18.5 Å². The van der Waals surface area contributed by atoms with Crippen molar-refractivity contribution in [2.45, 2.75) is 44.1 Å². The number of likely N-dealkylation sites (tertiary alicyclic amines) is 1. The number of carbonyl (C=O) groups is 1. The van der Waals surface area contributed by atoms with E-state index in [2.05, 4.69) is 23.4 Å². The summed E-state index contributed by atoms with van der Waals surface area (Å²) in [7, 11) is 2.10. The molecule has 0 saturated carbocycles. The number of hydrogen-bond acceptors (Lipinski definition) is 7. The molecule has 3 aliphatic heterocycles. The Morgan fingerprint density at radius 2 is 2.02 bits per heavy atom. The van der Waals surface area contributed by atoms with Gasteiger partial charge in [-0.3, -0.25) is 4.79 Å². The summed E-state index contributed by atoms with van der Waals surface area (Å²) in [6.45, 7) is 13.4. The summed E-state index contributed by atoms with van der Waals surface area (Å²) in [4.78, 5) is 31.5. The summed E-state index contributed by atoms with van der Waals surface area (Å²) in [5, 5.41) is 2.68. The zero-order valence-electron chi connectivity index (χ0n) is 24.1. The van der Waals surface area contributed by atoms with Crippen LogP contribution in [-0.4, -0.2) is 84.1 Å². The summed E-state index contributed by atoms with van der Waals surface area (Å²) in [6.07, 6.45) is 2.41. The fourth-order valence-electron chi connectivity index (χ4n) is 6.44. The van der Waals surface area contributed by atoms with Crippen molar-refractivity contribution < 1.29 is 18.7 Å². The van der Waals surface area contributed by atoms with Gasteiger partial charge in [0.15, 0.2) is 5.83 Å². The Labute approximate surface area is 255 Å². The quantitative estimate of drug-likeness (QED) is 0.278. The van der Waals surface area contributed by atoms with Crippen LogP contribution in [0.5, 0.6) is 6.01 Å². The van der Waals surface area contributed by atoms with E-state index in [1.165, 1.54) is 4.90 Å². The molecule has 224 valence electrons.